The summed E-state index contributed by atoms with van der Waals surface area (Å²) in [4.78, 5) is 42.6. The van der Waals surface area contributed by atoms with Crippen molar-refractivity contribution in [1.82, 2.24) is 24.4 Å². The molecule has 0 bridgehead atoms. The molecule has 0 aliphatic carbocycles. The summed E-state index contributed by atoms with van der Waals surface area (Å²) in [7, 11) is 3.82. The van der Waals surface area contributed by atoms with Gasteiger partial charge >= 0.3 is 0 Å². The minimum atomic E-state index is -0.131. The van der Waals surface area contributed by atoms with Gasteiger partial charge in [-0.15, -0.1) is 0 Å². The van der Waals surface area contributed by atoms with Crippen molar-refractivity contribution < 1.29 is 4.79 Å². The van der Waals surface area contributed by atoms with E-state index in [0.717, 1.165) is 36.1 Å². The Bertz CT molecular complexity index is 1130. The summed E-state index contributed by atoms with van der Waals surface area (Å²) in [6.45, 7) is 1.05. The van der Waals surface area contributed by atoms with Crippen LogP contribution in [0.5, 0.6) is 0 Å². The van der Waals surface area contributed by atoms with Gasteiger partial charge in [0.1, 0.15) is 0 Å². The Morgan fingerprint density at radius 1 is 1.16 bits per heavy atom. The van der Waals surface area contributed by atoms with Gasteiger partial charge in [0, 0.05) is 70.0 Å². The van der Waals surface area contributed by atoms with Gasteiger partial charge in [0.05, 0.1) is 11.7 Å². The molecule has 1 atom stereocenters. The molecular formula is C24H28N6O2. The molecule has 0 N–H and O–H groups in total. The van der Waals surface area contributed by atoms with E-state index in [1.807, 2.05) is 42.2 Å². The quantitative estimate of drug-likeness (QED) is 0.596. The molecule has 3 aromatic rings. The molecule has 32 heavy (non-hydrogen) atoms. The zero-order valence-electron chi connectivity index (χ0n) is 18.5. The number of aryl methyl sites for hydroxylation is 1. The van der Waals surface area contributed by atoms with Crippen LogP contribution in [0.4, 0.5) is 5.95 Å². The third kappa shape index (κ3) is 4.69. The van der Waals surface area contributed by atoms with Gasteiger partial charge in [0.15, 0.2) is 0 Å². The number of carbonyl (C=O) groups is 1. The van der Waals surface area contributed by atoms with Crippen molar-refractivity contribution >= 4 is 11.9 Å². The predicted octanol–water partition coefficient (Wildman–Crippen LogP) is 2.91. The highest BCUT2D eigenvalue weighted by molar-refractivity contribution is 5.77. The highest BCUT2D eigenvalue weighted by Gasteiger charge is 2.31. The molecule has 1 aliphatic rings. The predicted molar refractivity (Wildman–Crippen MR) is 123 cm³/mol. The van der Waals surface area contributed by atoms with E-state index < -0.39 is 0 Å². The minimum absolute atomic E-state index is 0.0381. The Labute approximate surface area is 187 Å². The summed E-state index contributed by atoms with van der Waals surface area (Å²) >= 11 is 0. The summed E-state index contributed by atoms with van der Waals surface area (Å²) < 4.78 is 1.58. The smallest absolute Gasteiger partial charge is 0.250 e. The standard InChI is InChI=1S/C24H28N6O2/c1-28(2)24-26-17-19(18-9-12-25-13-10-18)23(27-24)20-7-3-6-15-30(20)22(32)11-16-29-14-5-4-8-21(29)31/h4-5,8-10,12-14,17,20H,3,6-7,11,15-16H2,1-2H3. The van der Waals surface area contributed by atoms with E-state index >= 15 is 0 Å². The minimum Gasteiger partial charge on any atom is -0.347 e. The maximum atomic E-state index is 13.3. The summed E-state index contributed by atoms with van der Waals surface area (Å²) in [5, 5.41) is 0. The second kappa shape index (κ2) is 9.72. The van der Waals surface area contributed by atoms with Crippen molar-refractivity contribution in [3.8, 4) is 11.1 Å². The molecular weight excluding hydrogens is 404 g/mol. The van der Waals surface area contributed by atoms with Crippen molar-refractivity contribution in [3.05, 3.63) is 71.2 Å². The average Bonchev–Trinajstić information content (AvgIpc) is 2.83. The van der Waals surface area contributed by atoms with Gasteiger partial charge in [-0.05, 0) is 43.0 Å². The fourth-order valence-electron chi connectivity index (χ4n) is 4.13. The maximum absolute atomic E-state index is 13.3. The molecule has 8 heteroatoms. The van der Waals surface area contributed by atoms with Crippen LogP contribution in [0.25, 0.3) is 11.1 Å². The Hall–Kier alpha value is -3.55. The third-order valence-electron chi connectivity index (χ3n) is 5.80. The molecule has 1 fully saturated rings. The zero-order valence-corrected chi connectivity index (χ0v) is 18.5. The van der Waals surface area contributed by atoms with E-state index in [-0.39, 0.29) is 23.9 Å². The lowest BCUT2D eigenvalue weighted by Gasteiger charge is -2.36. The third-order valence-corrected chi connectivity index (χ3v) is 5.80. The van der Waals surface area contributed by atoms with Crippen LogP contribution >= 0.6 is 0 Å². The molecule has 1 unspecified atom stereocenters. The molecule has 3 aromatic heterocycles. The number of hydrogen-bond donors (Lipinski definition) is 0. The lowest BCUT2D eigenvalue weighted by molar-refractivity contribution is -0.135. The van der Waals surface area contributed by atoms with Gasteiger partial charge in [-0.25, -0.2) is 9.97 Å². The monoisotopic (exact) mass is 432 g/mol. The normalized spacial score (nSPS) is 16.1. The number of piperidine rings is 1. The summed E-state index contributed by atoms with van der Waals surface area (Å²) in [6, 6.07) is 8.77. The number of pyridine rings is 2. The van der Waals surface area contributed by atoms with Gasteiger partial charge < -0.3 is 14.4 Å². The van der Waals surface area contributed by atoms with Crippen LogP contribution in [0.2, 0.25) is 0 Å². The van der Waals surface area contributed by atoms with Crippen LogP contribution in [-0.4, -0.2) is 51.0 Å². The molecule has 4 heterocycles. The molecule has 8 nitrogen and oxygen atoms in total. The van der Waals surface area contributed by atoms with E-state index in [9.17, 15) is 9.59 Å². The lowest BCUT2D eigenvalue weighted by atomic mass is 9.94. The first kappa shape index (κ1) is 21.7. The van der Waals surface area contributed by atoms with Crippen molar-refractivity contribution in [2.75, 3.05) is 25.5 Å². The van der Waals surface area contributed by atoms with Gasteiger partial charge in [-0.3, -0.25) is 14.6 Å². The van der Waals surface area contributed by atoms with E-state index in [0.29, 0.717) is 19.0 Å². The number of likely N-dealkylation sites (tertiary alicyclic amines) is 1. The fourth-order valence-corrected chi connectivity index (χ4v) is 4.13. The first-order chi connectivity index (χ1) is 15.5. The van der Waals surface area contributed by atoms with E-state index in [4.69, 9.17) is 4.98 Å². The van der Waals surface area contributed by atoms with Crippen LogP contribution in [0.3, 0.4) is 0 Å². The van der Waals surface area contributed by atoms with Gasteiger partial charge in [-0.2, -0.15) is 0 Å². The maximum Gasteiger partial charge on any atom is 0.250 e. The highest BCUT2D eigenvalue weighted by atomic mass is 16.2. The Morgan fingerprint density at radius 2 is 1.97 bits per heavy atom. The molecule has 0 spiro atoms. The second-order valence-corrected chi connectivity index (χ2v) is 8.18. The zero-order chi connectivity index (χ0) is 22.5. The van der Waals surface area contributed by atoms with Crippen LogP contribution in [-0.2, 0) is 11.3 Å². The van der Waals surface area contributed by atoms with Crippen molar-refractivity contribution in [1.29, 1.82) is 0 Å². The number of carbonyl (C=O) groups excluding carboxylic acids is 1. The van der Waals surface area contributed by atoms with Gasteiger partial charge in [0.25, 0.3) is 5.56 Å². The van der Waals surface area contributed by atoms with E-state index in [2.05, 4.69) is 9.97 Å². The van der Waals surface area contributed by atoms with Crippen molar-refractivity contribution in [2.24, 2.45) is 0 Å². The highest BCUT2D eigenvalue weighted by Crippen LogP contribution is 2.36. The molecule has 1 aliphatic heterocycles. The SMILES string of the molecule is CN(C)c1ncc(-c2ccncc2)c(C2CCCCN2C(=O)CCn2ccccc2=O)n1. The summed E-state index contributed by atoms with van der Waals surface area (Å²) in [6.07, 6.45) is 10.2. The number of hydrogen-bond acceptors (Lipinski definition) is 6. The van der Waals surface area contributed by atoms with Gasteiger partial charge in [-0.1, -0.05) is 6.07 Å². The molecule has 0 saturated carbocycles. The fraction of sp³-hybridized carbons (Fsp3) is 0.375. The lowest BCUT2D eigenvalue weighted by Crippen LogP contribution is -2.40. The van der Waals surface area contributed by atoms with E-state index in [1.165, 1.54) is 6.07 Å². The summed E-state index contributed by atoms with van der Waals surface area (Å²) in [5.74, 6) is 0.655. The molecule has 0 aromatic carbocycles. The molecule has 4 rings (SSSR count). The number of anilines is 1. The Kier molecular flexibility index (Phi) is 6.58. The van der Waals surface area contributed by atoms with Crippen LogP contribution in [0.15, 0.2) is 59.9 Å². The van der Waals surface area contributed by atoms with Crippen LogP contribution in [0, 0.1) is 0 Å². The molecule has 0 radical (unpaired) electrons. The molecule has 1 saturated heterocycles. The number of rotatable bonds is 6. The number of nitrogens with zero attached hydrogens (tertiary/aromatic N) is 6. The number of amides is 1. The average molecular weight is 433 g/mol. The summed E-state index contributed by atoms with van der Waals surface area (Å²) in [5.41, 5.74) is 2.66. The molecule has 166 valence electrons. The van der Waals surface area contributed by atoms with Crippen molar-refractivity contribution in [2.45, 2.75) is 38.3 Å². The topological polar surface area (TPSA) is 84.2 Å². The van der Waals surface area contributed by atoms with E-state index in [1.54, 1.807) is 35.3 Å². The molecule has 1 amide bonds. The van der Waals surface area contributed by atoms with Crippen LogP contribution in [0.1, 0.15) is 37.4 Å². The Balaban J connectivity index is 1.65. The van der Waals surface area contributed by atoms with Crippen molar-refractivity contribution in [3.63, 3.8) is 0 Å². The number of aromatic nitrogens is 4. The second-order valence-electron chi connectivity index (χ2n) is 8.18. The van der Waals surface area contributed by atoms with Gasteiger partial charge in [0.2, 0.25) is 11.9 Å². The first-order valence-electron chi connectivity index (χ1n) is 10.9. The largest absolute Gasteiger partial charge is 0.347 e. The first-order valence-corrected chi connectivity index (χ1v) is 10.9. The Morgan fingerprint density at radius 3 is 2.72 bits per heavy atom. The van der Waals surface area contributed by atoms with Crippen LogP contribution < -0.4 is 10.5 Å².